The Balaban J connectivity index is 2.12. The van der Waals surface area contributed by atoms with Gasteiger partial charge in [-0.1, -0.05) is 0 Å². The van der Waals surface area contributed by atoms with Crippen LogP contribution in [0.15, 0.2) is 29.0 Å². The summed E-state index contributed by atoms with van der Waals surface area (Å²) in [6.45, 7) is 7.23. The quantitative estimate of drug-likeness (QED) is 0.908. The van der Waals surface area contributed by atoms with E-state index in [-0.39, 0.29) is 0 Å². The first kappa shape index (κ1) is 14.0. The van der Waals surface area contributed by atoms with Gasteiger partial charge in [-0.05, 0) is 39.8 Å². The Hall–Kier alpha value is -2.37. The molecule has 2 rings (SSSR count). The van der Waals surface area contributed by atoms with Crippen LogP contribution in [0.3, 0.4) is 0 Å². The van der Waals surface area contributed by atoms with E-state index in [1.54, 1.807) is 45.4 Å². The van der Waals surface area contributed by atoms with Crippen molar-refractivity contribution in [1.82, 2.24) is 9.97 Å². The highest BCUT2D eigenvalue weighted by atomic mass is 16.6. The van der Waals surface area contributed by atoms with Gasteiger partial charge in [0, 0.05) is 11.8 Å². The van der Waals surface area contributed by atoms with E-state index >= 15 is 0 Å². The number of hydrogen-bond donors (Lipinski definition) is 1. The molecule has 0 aromatic carbocycles. The third-order valence-corrected chi connectivity index (χ3v) is 2.25. The van der Waals surface area contributed by atoms with Crippen molar-refractivity contribution < 1.29 is 13.9 Å². The zero-order valence-corrected chi connectivity index (χ0v) is 11.9. The molecule has 2 aromatic rings. The minimum atomic E-state index is -0.554. The number of anilines is 1. The molecule has 0 spiro atoms. The summed E-state index contributed by atoms with van der Waals surface area (Å²) >= 11 is 0. The number of hydrogen-bond acceptors (Lipinski definition) is 5. The zero-order chi connectivity index (χ0) is 14.8. The summed E-state index contributed by atoms with van der Waals surface area (Å²) in [7, 11) is 0. The molecule has 0 atom stereocenters. The summed E-state index contributed by atoms with van der Waals surface area (Å²) in [6.07, 6.45) is 2.59. The van der Waals surface area contributed by atoms with E-state index in [2.05, 4.69) is 15.3 Å². The molecule has 1 N–H and O–H groups in total. The first-order chi connectivity index (χ1) is 9.33. The van der Waals surface area contributed by atoms with E-state index in [1.165, 1.54) is 0 Å². The summed E-state index contributed by atoms with van der Waals surface area (Å²) in [5.41, 5.74) is 0.971. The molecule has 1 amide bonds. The van der Waals surface area contributed by atoms with Gasteiger partial charge in [-0.3, -0.25) is 5.32 Å². The average Bonchev–Trinajstić information content (AvgIpc) is 2.73. The fraction of sp³-hybridized carbons (Fsp3) is 0.357. The third kappa shape index (κ3) is 3.81. The number of ether oxygens (including phenoxy) is 1. The first-order valence-corrected chi connectivity index (χ1v) is 6.22. The summed E-state index contributed by atoms with van der Waals surface area (Å²) < 4.78 is 10.5. The molecular formula is C14H17N3O3. The molecule has 0 unspecified atom stereocenters. The lowest BCUT2D eigenvalue weighted by atomic mass is 10.2. The van der Waals surface area contributed by atoms with Crippen molar-refractivity contribution in [1.29, 1.82) is 0 Å². The molecular weight excluding hydrogens is 258 g/mol. The molecule has 106 valence electrons. The fourth-order valence-electron chi connectivity index (χ4n) is 1.53. The van der Waals surface area contributed by atoms with E-state index in [0.29, 0.717) is 11.7 Å². The summed E-state index contributed by atoms with van der Waals surface area (Å²) in [5.74, 6) is 0.866. The molecule has 20 heavy (non-hydrogen) atoms. The van der Waals surface area contributed by atoms with Crippen molar-refractivity contribution >= 4 is 11.9 Å². The van der Waals surface area contributed by atoms with Gasteiger partial charge >= 0.3 is 6.09 Å². The van der Waals surface area contributed by atoms with Crippen molar-refractivity contribution in [2.24, 2.45) is 0 Å². The van der Waals surface area contributed by atoms with Gasteiger partial charge in [-0.2, -0.15) is 0 Å². The number of carbonyl (C=O) groups is 1. The number of nitrogens with zero attached hydrogens (tertiary/aromatic N) is 2. The number of nitrogens with one attached hydrogen (secondary N) is 1. The Morgan fingerprint density at radius 1 is 1.40 bits per heavy atom. The molecule has 0 saturated carbocycles. The molecule has 0 fully saturated rings. The highest BCUT2D eigenvalue weighted by molar-refractivity contribution is 5.84. The smallest absolute Gasteiger partial charge is 0.413 e. The molecule has 0 aliphatic rings. The number of amides is 1. The van der Waals surface area contributed by atoms with Gasteiger partial charge in [0.25, 0.3) is 0 Å². The molecule has 6 heteroatoms. The maximum atomic E-state index is 11.7. The largest absolute Gasteiger partial charge is 0.444 e. The number of carbonyl (C=O) groups excluding carboxylic acids is 1. The lowest BCUT2D eigenvalue weighted by Crippen LogP contribution is -2.27. The van der Waals surface area contributed by atoms with E-state index < -0.39 is 11.7 Å². The topological polar surface area (TPSA) is 77.2 Å². The number of oxazole rings is 1. The zero-order valence-electron chi connectivity index (χ0n) is 11.9. The normalized spacial score (nSPS) is 11.2. The molecule has 6 nitrogen and oxygen atoms in total. The van der Waals surface area contributed by atoms with Gasteiger partial charge < -0.3 is 9.15 Å². The molecule has 0 bridgehead atoms. The molecule has 0 aliphatic carbocycles. The summed E-state index contributed by atoms with van der Waals surface area (Å²) in [6, 6.07) is 3.43. The highest BCUT2D eigenvalue weighted by Crippen LogP contribution is 2.20. The maximum Gasteiger partial charge on any atom is 0.413 e. The van der Waals surface area contributed by atoms with Crippen LogP contribution in [0.1, 0.15) is 26.5 Å². The standard InChI is InChI=1S/C14H17N3O3/c1-9-8-19-12(16-9)10-5-6-15-11(7-10)17-13(18)20-14(2,3)4/h5-8H,1-4H3,(H,15,17,18). The second-order valence-corrected chi connectivity index (χ2v) is 5.35. The number of pyridine rings is 1. The predicted octanol–water partition coefficient (Wildman–Crippen LogP) is 3.39. The van der Waals surface area contributed by atoms with Gasteiger partial charge in [-0.15, -0.1) is 0 Å². The fourth-order valence-corrected chi connectivity index (χ4v) is 1.53. The summed E-state index contributed by atoms with van der Waals surface area (Å²) in [4.78, 5) is 20.0. The Bertz CT molecular complexity index is 614. The molecule has 0 aliphatic heterocycles. The third-order valence-electron chi connectivity index (χ3n) is 2.25. The van der Waals surface area contributed by atoms with E-state index in [1.807, 2.05) is 6.92 Å². The minimum Gasteiger partial charge on any atom is -0.444 e. The van der Waals surface area contributed by atoms with Crippen LogP contribution in [0.2, 0.25) is 0 Å². The lowest BCUT2D eigenvalue weighted by Gasteiger charge is -2.19. The van der Waals surface area contributed by atoms with Crippen LogP contribution in [-0.4, -0.2) is 21.7 Å². The monoisotopic (exact) mass is 275 g/mol. The predicted molar refractivity (Wildman–Crippen MR) is 74.3 cm³/mol. The Morgan fingerprint density at radius 3 is 2.75 bits per heavy atom. The van der Waals surface area contributed by atoms with Gasteiger partial charge in [0.15, 0.2) is 0 Å². The van der Waals surface area contributed by atoms with Gasteiger partial charge in [-0.25, -0.2) is 14.8 Å². The van der Waals surface area contributed by atoms with Gasteiger partial charge in [0.2, 0.25) is 5.89 Å². The van der Waals surface area contributed by atoms with Crippen LogP contribution in [0.4, 0.5) is 10.6 Å². The van der Waals surface area contributed by atoms with Crippen molar-refractivity contribution in [2.45, 2.75) is 33.3 Å². The van der Waals surface area contributed by atoms with E-state index in [9.17, 15) is 4.79 Å². The van der Waals surface area contributed by atoms with Gasteiger partial charge in [0.1, 0.15) is 17.7 Å². The Labute approximate surface area is 117 Å². The van der Waals surface area contributed by atoms with E-state index in [0.717, 1.165) is 11.3 Å². The molecule has 2 aromatic heterocycles. The summed E-state index contributed by atoms with van der Waals surface area (Å²) in [5, 5.41) is 2.57. The van der Waals surface area contributed by atoms with Crippen LogP contribution in [0, 0.1) is 6.92 Å². The Kier molecular flexibility index (Phi) is 3.74. The van der Waals surface area contributed by atoms with E-state index in [4.69, 9.17) is 9.15 Å². The second kappa shape index (κ2) is 5.32. The first-order valence-electron chi connectivity index (χ1n) is 6.22. The lowest BCUT2D eigenvalue weighted by molar-refractivity contribution is 0.0635. The number of rotatable bonds is 2. The van der Waals surface area contributed by atoms with Crippen LogP contribution in [0.25, 0.3) is 11.5 Å². The molecule has 2 heterocycles. The molecule has 0 radical (unpaired) electrons. The second-order valence-electron chi connectivity index (χ2n) is 5.35. The van der Waals surface area contributed by atoms with Crippen LogP contribution in [-0.2, 0) is 4.74 Å². The SMILES string of the molecule is Cc1coc(-c2ccnc(NC(=O)OC(C)(C)C)c2)n1. The van der Waals surface area contributed by atoms with Crippen LogP contribution >= 0.6 is 0 Å². The van der Waals surface area contributed by atoms with Gasteiger partial charge in [0.05, 0.1) is 5.69 Å². The van der Waals surface area contributed by atoms with Crippen molar-refractivity contribution in [3.8, 4) is 11.5 Å². The number of aromatic nitrogens is 2. The minimum absolute atomic E-state index is 0.382. The van der Waals surface area contributed by atoms with Crippen molar-refractivity contribution in [3.63, 3.8) is 0 Å². The molecule has 0 saturated heterocycles. The number of aryl methyl sites for hydroxylation is 1. The highest BCUT2D eigenvalue weighted by Gasteiger charge is 2.17. The van der Waals surface area contributed by atoms with Crippen molar-refractivity contribution in [2.75, 3.05) is 5.32 Å². The van der Waals surface area contributed by atoms with Crippen molar-refractivity contribution in [3.05, 3.63) is 30.3 Å². The van der Waals surface area contributed by atoms with Crippen LogP contribution in [0.5, 0.6) is 0 Å². The van der Waals surface area contributed by atoms with Crippen LogP contribution < -0.4 is 5.32 Å². The average molecular weight is 275 g/mol. The maximum absolute atomic E-state index is 11.7. The Morgan fingerprint density at radius 2 is 2.15 bits per heavy atom.